The van der Waals surface area contributed by atoms with Crippen LogP contribution in [0.4, 0.5) is 5.69 Å². The van der Waals surface area contributed by atoms with Crippen molar-refractivity contribution in [2.45, 2.75) is 44.6 Å². The van der Waals surface area contributed by atoms with E-state index in [1.165, 1.54) is 13.8 Å². The molecular weight excluding hydrogens is 334 g/mol. The second-order valence-corrected chi connectivity index (χ2v) is 5.64. The molecule has 1 aliphatic rings. The fourth-order valence-corrected chi connectivity index (χ4v) is 2.31. The summed E-state index contributed by atoms with van der Waals surface area (Å²) >= 11 is 0. The van der Waals surface area contributed by atoms with Crippen LogP contribution < -0.4 is 10.1 Å². The van der Waals surface area contributed by atoms with Crippen LogP contribution in [0, 0.1) is 0 Å². The third kappa shape index (κ3) is 5.13. The maximum atomic E-state index is 11.0. The number of ether oxygens (including phenoxy) is 3. The molecule has 1 saturated heterocycles. The van der Waals surface area contributed by atoms with E-state index in [4.69, 9.17) is 14.2 Å². The number of hydrogen-bond donors (Lipinski definition) is 4. The number of aliphatic hydroxyl groups excluding tert-OH is 3. The Morgan fingerprint density at radius 2 is 1.72 bits per heavy atom. The average molecular weight is 355 g/mol. The normalized spacial score (nSPS) is 28.9. The summed E-state index contributed by atoms with van der Waals surface area (Å²) in [4.78, 5) is 21.9. The number of carbonyl (C=O) groups excluding carboxylic acids is 2. The van der Waals surface area contributed by atoms with Gasteiger partial charge in [0.1, 0.15) is 36.8 Å². The zero-order chi connectivity index (χ0) is 18.6. The summed E-state index contributed by atoms with van der Waals surface area (Å²) in [6.07, 6.45) is -6.79. The summed E-state index contributed by atoms with van der Waals surface area (Å²) in [7, 11) is 0. The quantitative estimate of drug-likeness (QED) is 0.514. The summed E-state index contributed by atoms with van der Waals surface area (Å²) in [6.45, 7) is 2.29. The number of carbonyl (C=O) groups is 2. The molecule has 0 aromatic heterocycles. The number of nitrogens with one attached hydrogen (secondary N) is 1. The molecule has 1 fully saturated rings. The van der Waals surface area contributed by atoms with Crippen molar-refractivity contribution in [3.63, 3.8) is 0 Å². The van der Waals surface area contributed by atoms with E-state index in [2.05, 4.69) is 5.32 Å². The molecule has 1 aromatic rings. The first-order chi connectivity index (χ1) is 11.8. The van der Waals surface area contributed by atoms with E-state index >= 15 is 0 Å². The molecule has 1 aromatic carbocycles. The van der Waals surface area contributed by atoms with Crippen molar-refractivity contribution in [1.82, 2.24) is 0 Å². The molecule has 0 saturated carbocycles. The van der Waals surface area contributed by atoms with Gasteiger partial charge in [-0.1, -0.05) is 0 Å². The first-order valence-electron chi connectivity index (χ1n) is 7.65. The van der Waals surface area contributed by atoms with Crippen molar-refractivity contribution in [2.24, 2.45) is 0 Å². The summed E-state index contributed by atoms with van der Waals surface area (Å²) in [5.74, 6) is -0.472. The van der Waals surface area contributed by atoms with Gasteiger partial charge in [0, 0.05) is 19.5 Å². The van der Waals surface area contributed by atoms with Crippen LogP contribution in [0.25, 0.3) is 0 Å². The number of anilines is 1. The number of benzene rings is 1. The van der Waals surface area contributed by atoms with Crippen LogP contribution in [-0.2, 0) is 19.1 Å². The van der Waals surface area contributed by atoms with Crippen LogP contribution in [0.15, 0.2) is 24.3 Å². The van der Waals surface area contributed by atoms with Crippen molar-refractivity contribution in [3.05, 3.63) is 24.3 Å². The van der Waals surface area contributed by atoms with Gasteiger partial charge in [-0.25, -0.2) is 0 Å². The molecule has 0 radical (unpaired) electrons. The molecule has 2 rings (SSSR count). The summed E-state index contributed by atoms with van der Waals surface area (Å²) in [6, 6.07) is 6.26. The highest BCUT2D eigenvalue weighted by Gasteiger charge is 2.45. The van der Waals surface area contributed by atoms with Crippen LogP contribution in [-0.4, -0.2) is 64.5 Å². The van der Waals surface area contributed by atoms with Gasteiger partial charge < -0.3 is 34.8 Å². The summed E-state index contributed by atoms with van der Waals surface area (Å²) in [5.41, 5.74) is 0.563. The Morgan fingerprint density at radius 1 is 1.08 bits per heavy atom. The standard InChI is InChI=1S/C16H21NO8/c1-8(18)17-10-3-5-11(6-4-10)24-16-15(22)14(21)13(20)12(25-16)7-23-9(2)19/h3-6,12-16,20-22H,7H2,1-2H3,(H,17,18)/t12?,13-,14+,15?,16+/m1/s1. The molecule has 25 heavy (non-hydrogen) atoms. The number of esters is 1. The van der Waals surface area contributed by atoms with Crippen molar-refractivity contribution < 1.29 is 39.1 Å². The van der Waals surface area contributed by atoms with E-state index in [0.29, 0.717) is 11.4 Å². The molecule has 1 aliphatic heterocycles. The SMILES string of the molecule is CC(=O)Nc1ccc(O[C@H]2OC(COC(C)=O)[C@@H](O)[C@H](O)C2O)cc1. The van der Waals surface area contributed by atoms with Crippen LogP contribution in [0.1, 0.15) is 13.8 Å². The van der Waals surface area contributed by atoms with Crippen molar-refractivity contribution >= 4 is 17.6 Å². The third-order valence-corrected chi connectivity index (χ3v) is 3.55. The second-order valence-electron chi connectivity index (χ2n) is 5.64. The van der Waals surface area contributed by atoms with E-state index in [1.54, 1.807) is 24.3 Å². The Labute approximate surface area is 144 Å². The predicted octanol–water partition coefficient (Wildman–Crippen LogP) is -0.606. The minimum atomic E-state index is -1.53. The molecule has 138 valence electrons. The number of aliphatic hydroxyl groups is 3. The maximum Gasteiger partial charge on any atom is 0.302 e. The fraction of sp³-hybridized carbons (Fsp3) is 0.500. The number of hydrogen-bond acceptors (Lipinski definition) is 8. The minimum Gasteiger partial charge on any atom is -0.463 e. The first kappa shape index (κ1) is 19.1. The third-order valence-electron chi connectivity index (χ3n) is 3.55. The lowest BCUT2D eigenvalue weighted by Gasteiger charge is -2.39. The van der Waals surface area contributed by atoms with Crippen LogP contribution in [0.5, 0.6) is 5.75 Å². The van der Waals surface area contributed by atoms with Gasteiger partial charge in [-0.15, -0.1) is 0 Å². The maximum absolute atomic E-state index is 11.0. The van der Waals surface area contributed by atoms with E-state index in [0.717, 1.165) is 0 Å². The molecule has 0 spiro atoms. The van der Waals surface area contributed by atoms with Crippen LogP contribution in [0.2, 0.25) is 0 Å². The Balaban J connectivity index is 2.03. The smallest absolute Gasteiger partial charge is 0.302 e. The Bertz CT molecular complexity index is 605. The lowest BCUT2D eigenvalue weighted by Crippen LogP contribution is -2.60. The van der Waals surface area contributed by atoms with Crippen LogP contribution >= 0.6 is 0 Å². The summed E-state index contributed by atoms with van der Waals surface area (Å²) in [5, 5.41) is 32.4. The lowest BCUT2D eigenvalue weighted by molar-refractivity contribution is -0.278. The van der Waals surface area contributed by atoms with Gasteiger partial charge in [0.15, 0.2) is 0 Å². The van der Waals surface area contributed by atoms with Gasteiger partial charge in [0.05, 0.1) is 0 Å². The van der Waals surface area contributed by atoms with Crippen LogP contribution in [0.3, 0.4) is 0 Å². The highest BCUT2D eigenvalue weighted by atomic mass is 16.7. The molecule has 1 heterocycles. The van der Waals surface area contributed by atoms with Gasteiger partial charge in [-0.2, -0.15) is 0 Å². The van der Waals surface area contributed by atoms with Gasteiger partial charge in [-0.3, -0.25) is 9.59 Å². The largest absolute Gasteiger partial charge is 0.463 e. The molecule has 0 bridgehead atoms. The van der Waals surface area contributed by atoms with Gasteiger partial charge in [-0.05, 0) is 24.3 Å². The fourth-order valence-electron chi connectivity index (χ4n) is 2.31. The minimum absolute atomic E-state index is 0.217. The van der Waals surface area contributed by atoms with E-state index in [-0.39, 0.29) is 12.5 Å². The monoisotopic (exact) mass is 355 g/mol. The highest BCUT2D eigenvalue weighted by molar-refractivity contribution is 5.88. The van der Waals surface area contributed by atoms with Crippen molar-refractivity contribution in [2.75, 3.05) is 11.9 Å². The lowest BCUT2D eigenvalue weighted by atomic mass is 9.99. The molecule has 9 nitrogen and oxygen atoms in total. The summed E-state index contributed by atoms with van der Waals surface area (Å²) < 4.78 is 15.7. The zero-order valence-electron chi connectivity index (χ0n) is 13.8. The molecule has 4 N–H and O–H groups in total. The molecular formula is C16H21NO8. The molecule has 9 heteroatoms. The first-order valence-corrected chi connectivity index (χ1v) is 7.65. The van der Waals surface area contributed by atoms with Crippen molar-refractivity contribution in [1.29, 1.82) is 0 Å². The topological polar surface area (TPSA) is 135 Å². The molecule has 5 atom stereocenters. The highest BCUT2D eigenvalue weighted by Crippen LogP contribution is 2.25. The number of amides is 1. The Morgan fingerprint density at radius 3 is 2.28 bits per heavy atom. The molecule has 1 amide bonds. The van der Waals surface area contributed by atoms with E-state index in [1.807, 2.05) is 0 Å². The van der Waals surface area contributed by atoms with E-state index < -0.39 is 36.7 Å². The average Bonchev–Trinajstić information content (AvgIpc) is 2.55. The van der Waals surface area contributed by atoms with Crippen molar-refractivity contribution in [3.8, 4) is 5.75 Å². The molecule has 0 aliphatic carbocycles. The predicted molar refractivity (Wildman–Crippen MR) is 84.7 cm³/mol. The Hall–Kier alpha value is -2.20. The van der Waals surface area contributed by atoms with E-state index in [9.17, 15) is 24.9 Å². The number of rotatable bonds is 5. The van der Waals surface area contributed by atoms with Gasteiger partial charge in [0.2, 0.25) is 12.2 Å². The molecule has 2 unspecified atom stereocenters. The zero-order valence-corrected chi connectivity index (χ0v) is 13.8. The van der Waals surface area contributed by atoms with Gasteiger partial charge >= 0.3 is 5.97 Å². The Kier molecular flexibility index (Phi) is 6.32. The second kappa shape index (κ2) is 8.26. The van der Waals surface area contributed by atoms with Gasteiger partial charge in [0.25, 0.3) is 0 Å².